The van der Waals surface area contributed by atoms with Crippen molar-refractivity contribution < 1.29 is 0 Å². The number of aliphatic imine (C=N–C) groups is 1. The first-order valence-corrected chi connectivity index (χ1v) is 6.86. The maximum atomic E-state index is 9.20. The molecule has 110 valence electrons. The van der Waals surface area contributed by atoms with E-state index in [1.165, 1.54) is 0 Å². The van der Waals surface area contributed by atoms with Crippen molar-refractivity contribution in [3.05, 3.63) is 89.8 Å². The first-order chi connectivity index (χ1) is 11.2. The SMILES string of the molecule is C=C(/C(=N\C(C#N)=C(/N)C#N)c1ccccc1)c1ccccc1. The molecule has 0 atom stereocenters. The van der Waals surface area contributed by atoms with Crippen molar-refractivity contribution in [3.8, 4) is 12.1 Å². The lowest BCUT2D eigenvalue weighted by molar-refractivity contribution is 1.26. The fourth-order valence-electron chi connectivity index (χ4n) is 1.99. The van der Waals surface area contributed by atoms with E-state index < -0.39 is 0 Å². The van der Waals surface area contributed by atoms with Gasteiger partial charge in [0.1, 0.15) is 17.8 Å². The number of nitrogens with zero attached hydrogens (tertiary/aromatic N) is 3. The Morgan fingerprint density at radius 3 is 1.87 bits per heavy atom. The predicted molar refractivity (Wildman–Crippen MR) is 90.9 cm³/mol. The van der Waals surface area contributed by atoms with Crippen LogP contribution >= 0.6 is 0 Å². The van der Waals surface area contributed by atoms with E-state index >= 15 is 0 Å². The molecule has 0 unspecified atom stereocenters. The van der Waals surface area contributed by atoms with Crippen LogP contribution in [0.2, 0.25) is 0 Å². The largest absolute Gasteiger partial charge is 0.388 e. The summed E-state index contributed by atoms with van der Waals surface area (Å²) in [5.74, 6) is 0. The second-order valence-electron chi connectivity index (χ2n) is 4.66. The topological polar surface area (TPSA) is 86.0 Å². The number of hydrogen-bond donors (Lipinski definition) is 1. The quantitative estimate of drug-likeness (QED) is 0.693. The van der Waals surface area contributed by atoms with Crippen LogP contribution in [-0.2, 0) is 0 Å². The summed E-state index contributed by atoms with van der Waals surface area (Å²) >= 11 is 0. The van der Waals surface area contributed by atoms with Crippen LogP contribution in [0.4, 0.5) is 0 Å². The van der Waals surface area contributed by atoms with Crippen molar-refractivity contribution in [2.75, 3.05) is 0 Å². The van der Waals surface area contributed by atoms with Crippen LogP contribution in [0.25, 0.3) is 5.57 Å². The molecule has 0 amide bonds. The summed E-state index contributed by atoms with van der Waals surface area (Å²) in [6, 6.07) is 22.5. The van der Waals surface area contributed by atoms with Crippen molar-refractivity contribution in [2.24, 2.45) is 10.7 Å². The first-order valence-electron chi connectivity index (χ1n) is 6.86. The van der Waals surface area contributed by atoms with E-state index in [-0.39, 0.29) is 11.4 Å². The zero-order valence-corrected chi connectivity index (χ0v) is 12.4. The molecule has 2 aromatic rings. The van der Waals surface area contributed by atoms with Crippen LogP contribution in [0, 0.1) is 22.7 Å². The lowest BCUT2D eigenvalue weighted by Crippen LogP contribution is -2.06. The third-order valence-corrected chi connectivity index (χ3v) is 3.16. The molecule has 4 heteroatoms. The highest BCUT2D eigenvalue weighted by Crippen LogP contribution is 2.20. The van der Waals surface area contributed by atoms with Gasteiger partial charge in [0.05, 0.1) is 5.71 Å². The standard InChI is InChI=1S/C19H14N4/c1-14(15-8-4-2-5-9-15)19(16-10-6-3-7-11-16)23-18(13-21)17(22)12-20/h2-11H,1,22H2/b18-17-,23-19+. The molecule has 23 heavy (non-hydrogen) atoms. The van der Waals surface area contributed by atoms with E-state index in [0.717, 1.165) is 11.1 Å². The molecule has 0 aliphatic rings. The average Bonchev–Trinajstić information content (AvgIpc) is 2.63. The third-order valence-electron chi connectivity index (χ3n) is 3.16. The van der Waals surface area contributed by atoms with Gasteiger partial charge in [-0.3, -0.25) is 0 Å². The van der Waals surface area contributed by atoms with Crippen molar-refractivity contribution in [2.45, 2.75) is 0 Å². The number of hydrogen-bond acceptors (Lipinski definition) is 4. The molecule has 0 heterocycles. The molecule has 0 aromatic heterocycles. The smallest absolute Gasteiger partial charge is 0.175 e. The fourth-order valence-corrected chi connectivity index (χ4v) is 1.99. The molecule has 0 spiro atoms. The fraction of sp³-hybridized carbons (Fsp3) is 0. The lowest BCUT2D eigenvalue weighted by Gasteiger charge is -2.10. The third kappa shape index (κ3) is 3.72. The summed E-state index contributed by atoms with van der Waals surface area (Å²) < 4.78 is 0. The molecule has 0 saturated carbocycles. The normalized spacial score (nSPS) is 11.8. The number of benzene rings is 2. The van der Waals surface area contributed by atoms with Gasteiger partial charge in [0.2, 0.25) is 0 Å². The van der Waals surface area contributed by atoms with E-state index in [4.69, 9.17) is 11.0 Å². The van der Waals surface area contributed by atoms with Gasteiger partial charge in [-0.05, 0) is 5.56 Å². The number of nitrogens with two attached hydrogens (primary N) is 1. The van der Waals surface area contributed by atoms with Gasteiger partial charge in [0.25, 0.3) is 0 Å². The van der Waals surface area contributed by atoms with Crippen LogP contribution < -0.4 is 5.73 Å². The zero-order chi connectivity index (χ0) is 16.7. The molecule has 2 rings (SSSR count). The van der Waals surface area contributed by atoms with Crippen LogP contribution in [0.15, 0.2) is 83.6 Å². The molecule has 0 saturated heterocycles. The molecule has 0 aliphatic heterocycles. The van der Waals surface area contributed by atoms with Gasteiger partial charge in [0, 0.05) is 11.1 Å². The summed E-state index contributed by atoms with van der Waals surface area (Å²) in [6.45, 7) is 4.09. The predicted octanol–water partition coefficient (Wildman–Crippen LogP) is 3.41. The molecular weight excluding hydrogens is 284 g/mol. The van der Waals surface area contributed by atoms with E-state index in [2.05, 4.69) is 11.6 Å². The van der Waals surface area contributed by atoms with Gasteiger partial charge in [-0.25, -0.2) is 4.99 Å². The number of rotatable bonds is 4. The maximum absolute atomic E-state index is 9.20. The molecule has 2 N–H and O–H groups in total. The highest BCUT2D eigenvalue weighted by Gasteiger charge is 2.12. The van der Waals surface area contributed by atoms with E-state index in [1.54, 1.807) is 6.07 Å². The van der Waals surface area contributed by atoms with Gasteiger partial charge < -0.3 is 5.73 Å². The summed E-state index contributed by atoms with van der Waals surface area (Å²) in [4.78, 5) is 4.30. The summed E-state index contributed by atoms with van der Waals surface area (Å²) in [5.41, 5.74) is 8.03. The highest BCUT2D eigenvalue weighted by atomic mass is 14.8. The van der Waals surface area contributed by atoms with Crippen LogP contribution in [0.5, 0.6) is 0 Å². The summed E-state index contributed by atoms with van der Waals surface area (Å²) in [5, 5.41) is 18.1. The van der Waals surface area contributed by atoms with Crippen molar-refractivity contribution in [1.82, 2.24) is 0 Å². The molecule has 0 fully saturated rings. The Hall–Kier alpha value is -3.63. The van der Waals surface area contributed by atoms with E-state index in [9.17, 15) is 5.26 Å². The average molecular weight is 298 g/mol. The Kier molecular flexibility index (Phi) is 5.07. The van der Waals surface area contributed by atoms with Crippen LogP contribution in [-0.4, -0.2) is 5.71 Å². The van der Waals surface area contributed by atoms with Crippen molar-refractivity contribution in [1.29, 1.82) is 10.5 Å². The van der Waals surface area contributed by atoms with Gasteiger partial charge in [0.15, 0.2) is 5.70 Å². The number of allylic oxidation sites excluding steroid dienone is 3. The maximum Gasteiger partial charge on any atom is 0.175 e. The monoisotopic (exact) mass is 298 g/mol. The second kappa shape index (κ2) is 7.40. The Labute approximate surface area is 135 Å². The first kappa shape index (κ1) is 15.8. The Balaban J connectivity index is 2.62. The van der Waals surface area contributed by atoms with Crippen molar-refractivity contribution >= 4 is 11.3 Å². The van der Waals surface area contributed by atoms with Crippen LogP contribution in [0.3, 0.4) is 0 Å². The molecule has 2 aromatic carbocycles. The highest BCUT2D eigenvalue weighted by molar-refractivity contribution is 6.31. The molecular formula is C19H14N4. The molecule has 0 bridgehead atoms. The van der Waals surface area contributed by atoms with E-state index in [0.29, 0.717) is 11.3 Å². The second-order valence-corrected chi connectivity index (χ2v) is 4.66. The van der Waals surface area contributed by atoms with E-state index in [1.807, 2.05) is 66.7 Å². The summed E-state index contributed by atoms with van der Waals surface area (Å²) in [7, 11) is 0. The number of nitriles is 2. The molecule has 0 radical (unpaired) electrons. The van der Waals surface area contributed by atoms with Crippen LogP contribution in [0.1, 0.15) is 11.1 Å². The minimum atomic E-state index is -0.221. The zero-order valence-electron chi connectivity index (χ0n) is 12.4. The Morgan fingerprint density at radius 1 is 0.870 bits per heavy atom. The van der Waals surface area contributed by atoms with Gasteiger partial charge in [-0.2, -0.15) is 10.5 Å². The lowest BCUT2D eigenvalue weighted by atomic mass is 9.97. The minimum absolute atomic E-state index is 0.122. The molecule has 0 aliphatic carbocycles. The Morgan fingerprint density at radius 2 is 1.39 bits per heavy atom. The van der Waals surface area contributed by atoms with Gasteiger partial charge in [-0.1, -0.05) is 67.2 Å². The van der Waals surface area contributed by atoms with Gasteiger partial charge in [-0.15, -0.1) is 0 Å². The van der Waals surface area contributed by atoms with Gasteiger partial charge >= 0.3 is 0 Å². The van der Waals surface area contributed by atoms with Crippen molar-refractivity contribution in [3.63, 3.8) is 0 Å². The minimum Gasteiger partial charge on any atom is -0.388 e. The summed E-state index contributed by atoms with van der Waals surface area (Å²) in [6.07, 6.45) is 0. The molecule has 4 nitrogen and oxygen atoms in total. The Bertz CT molecular complexity index is 848.